The van der Waals surface area contributed by atoms with Crippen LogP contribution in [0.4, 0.5) is 4.39 Å². The number of ketones is 1. The molecule has 0 spiro atoms. The zero-order valence-electron chi connectivity index (χ0n) is 15.9. The smallest absolute Gasteiger partial charge is 0.268 e. The van der Waals surface area contributed by atoms with E-state index in [0.717, 1.165) is 24.1 Å². The predicted molar refractivity (Wildman–Crippen MR) is 105 cm³/mol. The number of nitrogens with one attached hydrogen (secondary N) is 2. The lowest BCUT2D eigenvalue weighted by Gasteiger charge is -2.09. The number of amides is 1. The molecule has 1 aromatic carbocycles. The number of halogens is 1. The quantitative estimate of drug-likeness (QED) is 0.684. The molecule has 1 aliphatic carbocycles. The van der Waals surface area contributed by atoms with Crippen LogP contribution in [-0.4, -0.2) is 21.7 Å². The lowest BCUT2D eigenvalue weighted by Crippen LogP contribution is -2.24. The van der Waals surface area contributed by atoms with Crippen molar-refractivity contribution < 1.29 is 18.7 Å². The molecule has 1 aliphatic rings. The molecule has 29 heavy (non-hydrogen) atoms. The van der Waals surface area contributed by atoms with Crippen molar-refractivity contribution in [2.75, 3.05) is 0 Å². The highest BCUT2D eigenvalue weighted by molar-refractivity contribution is 6.04. The average molecular weight is 393 g/mol. The number of hydrogen-bond donors (Lipinski definition) is 2. The molecule has 3 aromatic rings. The highest BCUT2D eigenvalue weighted by atomic mass is 19.1. The molecule has 148 valence electrons. The van der Waals surface area contributed by atoms with Crippen LogP contribution in [0.15, 0.2) is 42.6 Å². The Morgan fingerprint density at radius 3 is 2.79 bits per heavy atom. The normalized spacial score (nSPS) is 13.1. The Bertz CT molecular complexity index is 1070. The molecule has 0 fully saturated rings. The van der Waals surface area contributed by atoms with Crippen LogP contribution >= 0.6 is 0 Å². The summed E-state index contributed by atoms with van der Waals surface area (Å²) in [6.45, 7) is 2.08. The summed E-state index contributed by atoms with van der Waals surface area (Å²) >= 11 is 0. The van der Waals surface area contributed by atoms with Crippen LogP contribution in [0.5, 0.6) is 11.6 Å². The van der Waals surface area contributed by atoms with E-state index in [1.807, 2.05) is 0 Å². The number of fused-ring (bicyclic) bond motifs is 1. The average Bonchev–Trinajstić information content (AvgIpc) is 3.06. The molecule has 0 atom stereocenters. The van der Waals surface area contributed by atoms with Crippen molar-refractivity contribution in [1.82, 2.24) is 15.3 Å². The number of pyridine rings is 1. The van der Waals surface area contributed by atoms with E-state index in [9.17, 15) is 14.0 Å². The number of rotatable bonds is 5. The SMILES string of the molecule is Cc1c(C(=O)NCc2ccnc(Oc3ccc(F)cc3)c2)[nH]c2c1C(=O)CCC2. The van der Waals surface area contributed by atoms with Gasteiger partial charge in [0.15, 0.2) is 5.78 Å². The number of ether oxygens (including phenoxy) is 1. The van der Waals surface area contributed by atoms with Gasteiger partial charge in [0.05, 0.1) is 0 Å². The van der Waals surface area contributed by atoms with Crippen LogP contribution in [0.3, 0.4) is 0 Å². The maximum atomic E-state index is 13.0. The highest BCUT2D eigenvalue weighted by Crippen LogP contribution is 2.26. The fourth-order valence-corrected chi connectivity index (χ4v) is 3.51. The molecule has 0 aliphatic heterocycles. The lowest BCUT2D eigenvalue weighted by molar-refractivity contribution is 0.0944. The molecule has 7 heteroatoms. The summed E-state index contributed by atoms with van der Waals surface area (Å²) in [5.41, 5.74) is 3.46. The summed E-state index contributed by atoms with van der Waals surface area (Å²) in [7, 11) is 0. The Labute approximate surface area is 167 Å². The lowest BCUT2D eigenvalue weighted by atomic mass is 9.94. The first-order valence-electron chi connectivity index (χ1n) is 9.42. The fourth-order valence-electron chi connectivity index (χ4n) is 3.51. The molecule has 4 rings (SSSR count). The van der Waals surface area contributed by atoms with Gasteiger partial charge in [0.25, 0.3) is 5.91 Å². The summed E-state index contributed by atoms with van der Waals surface area (Å²) in [5, 5.41) is 2.86. The van der Waals surface area contributed by atoms with E-state index < -0.39 is 0 Å². The van der Waals surface area contributed by atoms with E-state index >= 15 is 0 Å². The van der Waals surface area contributed by atoms with Crippen molar-refractivity contribution in [3.05, 3.63) is 76.5 Å². The Morgan fingerprint density at radius 1 is 1.24 bits per heavy atom. The number of carbonyl (C=O) groups excluding carboxylic acids is 2. The third-order valence-electron chi connectivity index (χ3n) is 4.95. The number of carbonyl (C=O) groups is 2. The van der Waals surface area contributed by atoms with Crippen LogP contribution < -0.4 is 10.1 Å². The van der Waals surface area contributed by atoms with E-state index in [4.69, 9.17) is 4.74 Å². The van der Waals surface area contributed by atoms with E-state index in [0.29, 0.717) is 34.9 Å². The number of aryl methyl sites for hydroxylation is 1. The maximum absolute atomic E-state index is 13.0. The Morgan fingerprint density at radius 2 is 2.03 bits per heavy atom. The van der Waals surface area contributed by atoms with Gasteiger partial charge in [-0.3, -0.25) is 9.59 Å². The zero-order valence-corrected chi connectivity index (χ0v) is 15.9. The van der Waals surface area contributed by atoms with Crippen LogP contribution in [0.2, 0.25) is 0 Å². The van der Waals surface area contributed by atoms with Crippen molar-refractivity contribution >= 4 is 11.7 Å². The molecule has 2 N–H and O–H groups in total. The molecule has 0 bridgehead atoms. The Hall–Kier alpha value is -3.48. The Balaban J connectivity index is 1.43. The van der Waals surface area contributed by atoms with Gasteiger partial charge in [-0.05, 0) is 61.2 Å². The second-order valence-corrected chi connectivity index (χ2v) is 7.00. The van der Waals surface area contributed by atoms with Gasteiger partial charge in [0, 0.05) is 36.5 Å². The second-order valence-electron chi connectivity index (χ2n) is 7.00. The first kappa shape index (κ1) is 18.9. The van der Waals surface area contributed by atoms with E-state index in [2.05, 4.69) is 15.3 Å². The third kappa shape index (κ3) is 4.03. The van der Waals surface area contributed by atoms with Gasteiger partial charge < -0.3 is 15.0 Å². The predicted octanol–water partition coefficient (Wildman–Crippen LogP) is 4.10. The van der Waals surface area contributed by atoms with Crippen LogP contribution in [-0.2, 0) is 13.0 Å². The minimum atomic E-state index is -0.343. The van der Waals surface area contributed by atoms with Gasteiger partial charge in [-0.1, -0.05) is 0 Å². The number of hydrogen-bond acceptors (Lipinski definition) is 4. The van der Waals surface area contributed by atoms with Gasteiger partial charge in [-0.2, -0.15) is 0 Å². The largest absolute Gasteiger partial charge is 0.439 e. The highest BCUT2D eigenvalue weighted by Gasteiger charge is 2.26. The molecular weight excluding hydrogens is 373 g/mol. The maximum Gasteiger partial charge on any atom is 0.268 e. The first-order chi connectivity index (χ1) is 14.0. The van der Waals surface area contributed by atoms with Gasteiger partial charge >= 0.3 is 0 Å². The van der Waals surface area contributed by atoms with Crippen molar-refractivity contribution in [3.8, 4) is 11.6 Å². The molecule has 0 saturated heterocycles. The molecular formula is C22H20FN3O3. The monoisotopic (exact) mass is 393 g/mol. The summed E-state index contributed by atoms with van der Waals surface area (Å²) in [4.78, 5) is 32.0. The number of aromatic amines is 1. The minimum absolute atomic E-state index is 0.0933. The van der Waals surface area contributed by atoms with E-state index in [1.165, 1.54) is 24.3 Å². The topological polar surface area (TPSA) is 84.1 Å². The molecule has 2 heterocycles. The van der Waals surface area contributed by atoms with Crippen molar-refractivity contribution in [2.45, 2.75) is 32.7 Å². The molecule has 0 unspecified atom stereocenters. The molecule has 2 aromatic heterocycles. The summed E-state index contributed by atoms with van der Waals surface area (Å²) in [5.74, 6) is 0.306. The van der Waals surface area contributed by atoms with Gasteiger partial charge in [-0.15, -0.1) is 0 Å². The van der Waals surface area contributed by atoms with Gasteiger partial charge in [0.1, 0.15) is 17.3 Å². The fraction of sp³-hybridized carbons (Fsp3) is 0.227. The van der Waals surface area contributed by atoms with Gasteiger partial charge in [0.2, 0.25) is 5.88 Å². The van der Waals surface area contributed by atoms with E-state index in [-0.39, 0.29) is 24.1 Å². The number of benzene rings is 1. The summed E-state index contributed by atoms with van der Waals surface area (Å²) < 4.78 is 18.6. The number of aromatic nitrogens is 2. The molecule has 0 saturated carbocycles. The molecule has 0 radical (unpaired) electrons. The van der Waals surface area contributed by atoms with Crippen LogP contribution in [0.25, 0.3) is 0 Å². The van der Waals surface area contributed by atoms with Crippen LogP contribution in [0.1, 0.15) is 50.5 Å². The van der Waals surface area contributed by atoms with Crippen molar-refractivity contribution in [2.24, 2.45) is 0 Å². The van der Waals surface area contributed by atoms with Crippen molar-refractivity contribution in [3.63, 3.8) is 0 Å². The number of H-pyrrole nitrogens is 1. The van der Waals surface area contributed by atoms with Crippen LogP contribution in [0, 0.1) is 12.7 Å². The van der Waals surface area contributed by atoms with Gasteiger partial charge in [-0.25, -0.2) is 9.37 Å². The first-order valence-corrected chi connectivity index (χ1v) is 9.42. The number of Topliss-reactive ketones (excluding diaryl/α,β-unsaturated/α-hetero) is 1. The Kier molecular flexibility index (Phi) is 5.12. The summed E-state index contributed by atoms with van der Waals surface area (Å²) in [6.07, 6.45) is 3.70. The van der Waals surface area contributed by atoms with Crippen molar-refractivity contribution in [1.29, 1.82) is 0 Å². The van der Waals surface area contributed by atoms with E-state index in [1.54, 1.807) is 25.3 Å². The standard InChI is InChI=1S/C22H20FN3O3/c1-13-20-17(3-2-4-18(20)27)26-21(13)22(28)25-12-14-9-10-24-19(11-14)29-16-7-5-15(23)6-8-16/h5-11,26H,2-4,12H2,1H3,(H,25,28). The summed E-state index contributed by atoms with van der Waals surface area (Å²) in [6, 6.07) is 9.13. The number of nitrogens with zero attached hydrogens (tertiary/aromatic N) is 1. The minimum Gasteiger partial charge on any atom is -0.439 e. The third-order valence-corrected chi connectivity index (χ3v) is 4.95. The molecule has 6 nitrogen and oxygen atoms in total. The molecule has 1 amide bonds. The second kappa shape index (κ2) is 7.87. The zero-order chi connectivity index (χ0) is 20.4.